The van der Waals surface area contributed by atoms with Gasteiger partial charge in [0.25, 0.3) is 5.91 Å². The van der Waals surface area contributed by atoms with E-state index in [4.69, 9.17) is 4.98 Å². The summed E-state index contributed by atoms with van der Waals surface area (Å²) in [7, 11) is 6.04. The minimum absolute atomic E-state index is 0.142. The molecule has 7 heteroatoms. The number of nitrogens with zero attached hydrogens (tertiary/aromatic N) is 6. The molecule has 7 nitrogen and oxygen atoms in total. The smallest absolute Gasteiger partial charge is 0.291 e. The van der Waals surface area contributed by atoms with Gasteiger partial charge in [-0.2, -0.15) is 0 Å². The normalized spacial score (nSPS) is 16.8. The van der Waals surface area contributed by atoms with Gasteiger partial charge < -0.3 is 19.3 Å². The molecule has 3 heterocycles. The third kappa shape index (κ3) is 4.04. The van der Waals surface area contributed by atoms with E-state index in [1.54, 1.807) is 4.90 Å². The molecule has 2 aromatic heterocycles. The van der Waals surface area contributed by atoms with Crippen molar-refractivity contribution in [3.05, 3.63) is 41.1 Å². The quantitative estimate of drug-likeness (QED) is 0.765. The first-order valence-corrected chi connectivity index (χ1v) is 9.97. The van der Waals surface area contributed by atoms with Crippen LogP contribution in [0.15, 0.2) is 18.3 Å². The topological polar surface area (TPSA) is 57.5 Å². The molecule has 28 heavy (non-hydrogen) atoms. The van der Waals surface area contributed by atoms with Gasteiger partial charge in [-0.1, -0.05) is 0 Å². The molecule has 0 radical (unpaired) electrons. The molecule has 0 aliphatic carbocycles. The summed E-state index contributed by atoms with van der Waals surface area (Å²) in [4.78, 5) is 28.5. The van der Waals surface area contributed by atoms with E-state index in [1.807, 2.05) is 39.2 Å². The molecular weight excluding hydrogens is 352 g/mol. The zero-order valence-corrected chi connectivity index (χ0v) is 17.9. The largest absolute Gasteiger partial charge is 0.355 e. The summed E-state index contributed by atoms with van der Waals surface area (Å²) in [5.41, 5.74) is 3.03. The predicted octanol–water partition coefficient (Wildman–Crippen LogP) is 2.33. The maximum Gasteiger partial charge on any atom is 0.291 e. The van der Waals surface area contributed by atoms with Crippen LogP contribution in [0.5, 0.6) is 0 Å². The second-order valence-electron chi connectivity index (χ2n) is 7.88. The van der Waals surface area contributed by atoms with Crippen LogP contribution in [0.4, 0.5) is 5.82 Å². The van der Waals surface area contributed by atoms with E-state index < -0.39 is 0 Å². The first-order chi connectivity index (χ1) is 13.3. The van der Waals surface area contributed by atoms with Crippen molar-refractivity contribution in [2.24, 2.45) is 0 Å². The van der Waals surface area contributed by atoms with E-state index in [9.17, 15) is 4.79 Å². The van der Waals surface area contributed by atoms with E-state index in [0.29, 0.717) is 12.6 Å². The van der Waals surface area contributed by atoms with Crippen LogP contribution in [0.25, 0.3) is 0 Å². The Morgan fingerprint density at radius 1 is 1.25 bits per heavy atom. The number of anilines is 1. The highest BCUT2D eigenvalue weighted by atomic mass is 16.2. The Bertz CT molecular complexity index is 843. The molecular formula is C21H32N6O. The van der Waals surface area contributed by atoms with Crippen LogP contribution in [0.1, 0.15) is 40.9 Å². The Balaban J connectivity index is 1.82. The first-order valence-electron chi connectivity index (χ1n) is 9.97. The summed E-state index contributed by atoms with van der Waals surface area (Å²) >= 11 is 0. The molecule has 1 saturated heterocycles. The van der Waals surface area contributed by atoms with Crippen molar-refractivity contribution in [1.29, 1.82) is 0 Å². The molecule has 0 unspecified atom stereocenters. The Labute approximate surface area is 168 Å². The van der Waals surface area contributed by atoms with Gasteiger partial charge in [0, 0.05) is 55.9 Å². The molecule has 1 atom stereocenters. The van der Waals surface area contributed by atoms with Gasteiger partial charge in [-0.3, -0.25) is 4.79 Å². The van der Waals surface area contributed by atoms with E-state index in [1.165, 1.54) is 0 Å². The van der Waals surface area contributed by atoms with Gasteiger partial charge >= 0.3 is 0 Å². The number of hydrogen-bond acceptors (Lipinski definition) is 5. The van der Waals surface area contributed by atoms with Gasteiger partial charge in [0.15, 0.2) is 0 Å². The van der Waals surface area contributed by atoms with Crippen molar-refractivity contribution in [3.8, 4) is 0 Å². The Morgan fingerprint density at radius 3 is 2.64 bits per heavy atom. The fourth-order valence-electron chi connectivity index (χ4n) is 3.76. The fourth-order valence-corrected chi connectivity index (χ4v) is 3.76. The number of amides is 1. The highest BCUT2D eigenvalue weighted by Crippen LogP contribution is 2.25. The second kappa shape index (κ2) is 8.31. The van der Waals surface area contributed by atoms with E-state index in [0.717, 1.165) is 48.8 Å². The second-order valence-corrected chi connectivity index (χ2v) is 7.88. The molecule has 0 saturated carbocycles. The van der Waals surface area contributed by atoms with Crippen LogP contribution in [-0.2, 0) is 13.1 Å². The Morgan fingerprint density at radius 2 is 2.00 bits per heavy atom. The monoisotopic (exact) mass is 384 g/mol. The minimum Gasteiger partial charge on any atom is -0.355 e. The average molecular weight is 385 g/mol. The van der Waals surface area contributed by atoms with Gasteiger partial charge in [-0.15, -0.1) is 0 Å². The minimum atomic E-state index is -0.142. The summed E-state index contributed by atoms with van der Waals surface area (Å²) < 4.78 is 2.14. The lowest BCUT2D eigenvalue weighted by molar-refractivity contribution is 0.0769. The van der Waals surface area contributed by atoms with Crippen molar-refractivity contribution in [2.75, 3.05) is 39.1 Å². The van der Waals surface area contributed by atoms with E-state index >= 15 is 0 Å². The van der Waals surface area contributed by atoms with Crippen LogP contribution in [-0.4, -0.2) is 70.5 Å². The first kappa shape index (κ1) is 20.3. The SMILES string of the molecule is CCn1cccc1CN(C)C(=O)c1nc(C)c(C)c(N2CC[C@@H](N(C)C)C2)n1. The van der Waals surface area contributed by atoms with E-state index in [2.05, 4.69) is 40.4 Å². The number of likely N-dealkylation sites (N-methyl/N-ethyl adjacent to an activating group) is 1. The van der Waals surface area contributed by atoms with Crippen molar-refractivity contribution in [3.63, 3.8) is 0 Å². The Hall–Kier alpha value is -2.41. The molecule has 2 aromatic rings. The van der Waals surface area contributed by atoms with Crippen LogP contribution >= 0.6 is 0 Å². The summed E-state index contributed by atoms with van der Waals surface area (Å²) in [5, 5.41) is 0. The molecule has 1 aliphatic rings. The lowest BCUT2D eigenvalue weighted by Crippen LogP contribution is -2.33. The fraction of sp³-hybridized carbons (Fsp3) is 0.571. The predicted molar refractivity (Wildman–Crippen MR) is 112 cm³/mol. The highest BCUT2D eigenvalue weighted by molar-refractivity contribution is 5.90. The van der Waals surface area contributed by atoms with E-state index in [-0.39, 0.29) is 11.7 Å². The van der Waals surface area contributed by atoms with Crippen molar-refractivity contribution in [2.45, 2.75) is 46.3 Å². The molecule has 0 bridgehead atoms. The van der Waals surface area contributed by atoms with Crippen LogP contribution in [0, 0.1) is 13.8 Å². The number of aryl methyl sites for hydroxylation is 2. The van der Waals surface area contributed by atoms with Crippen LogP contribution < -0.4 is 4.90 Å². The molecule has 1 aliphatic heterocycles. The number of hydrogen-bond donors (Lipinski definition) is 0. The molecule has 3 rings (SSSR count). The average Bonchev–Trinajstić information content (AvgIpc) is 3.32. The molecule has 1 fully saturated rings. The number of rotatable bonds is 6. The van der Waals surface area contributed by atoms with Gasteiger partial charge in [0.2, 0.25) is 5.82 Å². The molecule has 152 valence electrons. The number of carbonyl (C=O) groups excluding carboxylic acids is 1. The number of carbonyl (C=O) groups is 1. The molecule has 1 amide bonds. The van der Waals surface area contributed by atoms with Crippen LogP contribution in [0.3, 0.4) is 0 Å². The molecule has 0 spiro atoms. The molecule has 0 aromatic carbocycles. The summed E-state index contributed by atoms with van der Waals surface area (Å²) in [6.07, 6.45) is 3.14. The van der Waals surface area contributed by atoms with Gasteiger partial charge in [0.05, 0.1) is 6.54 Å². The summed E-state index contributed by atoms with van der Waals surface area (Å²) in [6.45, 7) is 9.40. The van der Waals surface area contributed by atoms with Crippen molar-refractivity contribution >= 4 is 11.7 Å². The summed E-state index contributed by atoms with van der Waals surface area (Å²) in [6, 6.07) is 4.57. The standard InChI is InChI=1S/C21H32N6O/c1-7-26-11-8-9-18(26)13-25(6)21(28)19-22-16(3)15(2)20(23-19)27-12-10-17(14-27)24(4)5/h8-9,11,17H,7,10,12-14H2,1-6H3/t17-/m1/s1. The Kier molecular flexibility index (Phi) is 6.03. The lowest BCUT2D eigenvalue weighted by Gasteiger charge is -2.24. The van der Waals surface area contributed by atoms with Gasteiger partial charge in [-0.25, -0.2) is 9.97 Å². The zero-order valence-electron chi connectivity index (χ0n) is 17.9. The van der Waals surface area contributed by atoms with Gasteiger partial charge in [-0.05, 0) is 53.4 Å². The molecule has 0 N–H and O–H groups in total. The third-order valence-corrected chi connectivity index (χ3v) is 5.76. The summed E-state index contributed by atoms with van der Waals surface area (Å²) in [5.74, 6) is 1.03. The third-order valence-electron chi connectivity index (χ3n) is 5.76. The maximum absolute atomic E-state index is 13.0. The van der Waals surface area contributed by atoms with Crippen molar-refractivity contribution in [1.82, 2.24) is 24.3 Å². The van der Waals surface area contributed by atoms with Gasteiger partial charge in [0.1, 0.15) is 5.82 Å². The maximum atomic E-state index is 13.0. The number of aromatic nitrogens is 3. The van der Waals surface area contributed by atoms with Crippen molar-refractivity contribution < 1.29 is 4.79 Å². The van der Waals surface area contributed by atoms with Crippen LogP contribution in [0.2, 0.25) is 0 Å². The zero-order chi connectivity index (χ0) is 20.4. The highest BCUT2D eigenvalue weighted by Gasteiger charge is 2.28. The lowest BCUT2D eigenvalue weighted by atomic mass is 10.2.